The van der Waals surface area contributed by atoms with Gasteiger partial charge in [-0.3, -0.25) is 4.79 Å². The van der Waals surface area contributed by atoms with E-state index >= 15 is 0 Å². The Morgan fingerprint density at radius 1 is 1.25 bits per heavy atom. The van der Waals surface area contributed by atoms with Gasteiger partial charge in [0.15, 0.2) is 0 Å². The molecule has 4 heteroatoms. The molecule has 1 aliphatic carbocycles. The zero-order valence-electron chi connectivity index (χ0n) is 12.1. The average molecular weight is 275 g/mol. The Bertz CT molecular complexity index is 510. The molecule has 4 nitrogen and oxygen atoms in total. The Balaban J connectivity index is 1.96. The van der Waals surface area contributed by atoms with Crippen molar-refractivity contribution in [1.29, 1.82) is 0 Å². The van der Waals surface area contributed by atoms with Crippen molar-refractivity contribution in [3.63, 3.8) is 0 Å². The zero-order chi connectivity index (χ0) is 14.5. The molecule has 1 N–H and O–H groups in total. The number of esters is 1. The van der Waals surface area contributed by atoms with Crippen molar-refractivity contribution in [2.45, 2.75) is 45.1 Å². The van der Waals surface area contributed by atoms with E-state index in [9.17, 15) is 9.59 Å². The lowest BCUT2D eigenvalue weighted by molar-refractivity contribution is -0.144. The van der Waals surface area contributed by atoms with Gasteiger partial charge in [0.1, 0.15) is 6.04 Å². The number of hydrogen-bond donors (Lipinski definition) is 1. The van der Waals surface area contributed by atoms with Crippen molar-refractivity contribution < 1.29 is 14.3 Å². The molecule has 0 aliphatic heterocycles. The van der Waals surface area contributed by atoms with Gasteiger partial charge >= 0.3 is 5.97 Å². The van der Waals surface area contributed by atoms with Crippen LogP contribution < -0.4 is 5.32 Å². The monoisotopic (exact) mass is 275 g/mol. The minimum Gasteiger partial charge on any atom is -0.467 e. The smallest absolute Gasteiger partial charge is 0.328 e. The minimum absolute atomic E-state index is 0.154. The van der Waals surface area contributed by atoms with Crippen LogP contribution in [0.2, 0.25) is 0 Å². The maximum Gasteiger partial charge on any atom is 0.328 e. The summed E-state index contributed by atoms with van der Waals surface area (Å²) < 4.78 is 4.58. The maximum atomic E-state index is 11.9. The van der Waals surface area contributed by atoms with Crippen LogP contribution >= 0.6 is 0 Å². The fourth-order valence-electron chi connectivity index (χ4n) is 2.61. The number of carbonyl (C=O) groups excluding carboxylic acids is 2. The Labute approximate surface area is 119 Å². The lowest BCUT2D eigenvalue weighted by Gasteiger charge is -2.17. The summed E-state index contributed by atoms with van der Waals surface area (Å²) in [4.78, 5) is 23.1. The number of nitrogens with one attached hydrogen (secondary N) is 1. The molecule has 0 bridgehead atoms. The number of fused-ring (bicyclic) bond motifs is 1. The molecule has 2 rings (SSSR count). The molecule has 1 unspecified atom stereocenters. The van der Waals surface area contributed by atoms with Crippen LogP contribution in [0.4, 0.5) is 0 Å². The minimum atomic E-state index is -0.606. The van der Waals surface area contributed by atoms with Crippen LogP contribution in [0.15, 0.2) is 18.2 Å². The number of aryl methyl sites for hydroxylation is 2. The molecule has 0 saturated heterocycles. The second-order valence-electron chi connectivity index (χ2n) is 5.30. The third-order valence-electron chi connectivity index (χ3n) is 3.71. The van der Waals surface area contributed by atoms with E-state index in [1.54, 1.807) is 6.92 Å². The van der Waals surface area contributed by atoms with E-state index in [1.807, 2.05) is 6.07 Å². The molecule has 0 spiro atoms. The predicted molar refractivity (Wildman–Crippen MR) is 76.4 cm³/mol. The first-order chi connectivity index (χ1) is 9.60. The Morgan fingerprint density at radius 3 is 2.65 bits per heavy atom. The molecule has 0 saturated carbocycles. The number of ether oxygens (including phenoxy) is 1. The highest BCUT2D eigenvalue weighted by Crippen LogP contribution is 2.22. The summed E-state index contributed by atoms with van der Waals surface area (Å²) in [6.07, 6.45) is 5.02. The standard InChI is InChI=1S/C16H21NO3/c1-11(16(19)20-2)17-15(18)10-12-7-8-13-5-3-4-6-14(13)9-12/h7-9,11H,3-6,10H2,1-2H3,(H,17,18). The molecular weight excluding hydrogens is 254 g/mol. The fourth-order valence-corrected chi connectivity index (χ4v) is 2.61. The SMILES string of the molecule is COC(=O)C(C)NC(=O)Cc1ccc2c(c1)CCCC2. The average Bonchev–Trinajstić information content (AvgIpc) is 2.46. The highest BCUT2D eigenvalue weighted by atomic mass is 16.5. The third kappa shape index (κ3) is 3.59. The molecule has 1 atom stereocenters. The number of amides is 1. The zero-order valence-corrected chi connectivity index (χ0v) is 12.1. The first-order valence-electron chi connectivity index (χ1n) is 7.08. The number of rotatable bonds is 4. The van der Waals surface area contributed by atoms with Gasteiger partial charge in [-0.2, -0.15) is 0 Å². The molecule has 1 aliphatic rings. The van der Waals surface area contributed by atoms with E-state index < -0.39 is 12.0 Å². The molecule has 0 aromatic heterocycles. The molecule has 0 radical (unpaired) electrons. The van der Waals surface area contributed by atoms with E-state index in [-0.39, 0.29) is 5.91 Å². The lowest BCUT2D eigenvalue weighted by Crippen LogP contribution is -2.39. The summed E-state index contributed by atoms with van der Waals surface area (Å²) in [6, 6.07) is 5.65. The number of carbonyl (C=O) groups is 2. The van der Waals surface area contributed by atoms with E-state index in [0.717, 1.165) is 18.4 Å². The number of methoxy groups -OCH3 is 1. The molecule has 20 heavy (non-hydrogen) atoms. The van der Waals surface area contributed by atoms with Gasteiger partial charge in [0.05, 0.1) is 13.5 Å². The molecule has 0 heterocycles. The fraction of sp³-hybridized carbons (Fsp3) is 0.500. The molecular formula is C16H21NO3. The lowest BCUT2D eigenvalue weighted by atomic mass is 9.90. The summed E-state index contributed by atoms with van der Waals surface area (Å²) in [5, 5.41) is 2.65. The highest BCUT2D eigenvalue weighted by Gasteiger charge is 2.16. The maximum absolute atomic E-state index is 11.9. The largest absolute Gasteiger partial charge is 0.467 e. The van der Waals surface area contributed by atoms with E-state index in [4.69, 9.17) is 0 Å². The first-order valence-corrected chi connectivity index (χ1v) is 7.08. The van der Waals surface area contributed by atoms with Crippen LogP contribution in [-0.4, -0.2) is 25.0 Å². The highest BCUT2D eigenvalue weighted by molar-refractivity contribution is 5.85. The second-order valence-corrected chi connectivity index (χ2v) is 5.30. The van der Waals surface area contributed by atoms with Crippen LogP contribution in [-0.2, 0) is 33.6 Å². The summed E-state index contributed by atoms with van der Waals surface area (Å²) in [5.74, 6) is -0.581. The third-order valence-corrected chi connectivity index (χ3v) is 3.71. The van der Waals surface area contributed by atoms with E-state index in [1.165, 1.54) is 31.1 Å². The molecule has 1 aromatic carbocycles. The number of benzene rings is 1. The molecule has 108 valence electrons. The summed E-state index contributed by atoms with van der Waals surface area (Å²) >= 11 is 0. The molecule has 0 fully saturated rings. The summed E-state index contributed by atoms with van der Waals surface area (Å²) in [5.41, 5.74) is 3.77. The van der Waals surface area contributed by atoms with Crippen molar-refractivity contribution in [2.75, 3.05) is 7.11 Å². The van der Waals surface area contributed by atoms with Gasteiger partial charge in [-0.25, -0.2) is 4.79 Å². The Kier molecular flexibility index (Phi) is 4.77. The van der Waals surface area contributed by atoms with Gasteiger partial charge in [0.25, 0.3) is 0 Å². The van der Waals surface area contributed by atoms with Gasteiger partial charge < -0.3 is 10.1 Å². The van der Waals surface area contributed by atoms with Crippen molar-refractivity contribution in [3.05, 3.63) is 34.9 Å². The quantitative estimate of drug-likeness (QED) is 0.852. The topological polar surface area (TPSA) is 55.4 Å². The van der Waals surface area contributed by atoms with Gasteiger partial charge in [0.2, 0.25) is 5.91 Å². The second kappa shape index (κ2) is 6.55. The summed E-state index contributed by atoms with van der Waals surface area (Å²) in [6.45, 7) is 1.62. The Hall–Kier alpha value is -1.84. The van der Waals surface area contributed by atoms with Crippen LogP contribution in [0.1, 0.15) is 36.5 Å². The first kappa shape index (κ1) is 14.6. The van der Waals surface area contributed by atoms with Gasteiger partial charge in [-0.1, -0.05) is 18.2 Å². The summed E-state index contributed by atoms with van der Waals surface area (Å²) in [7, 11) is 1.31. The molecule has 1 aromatic rings. The van der Waals surface area contributed by atoms with Crippen LogP contribution in [0.25, 0.3) is 0 Å². The van der Waals surface area contributed by atoms with Gasteiger partial charge in [-0.05, 0) is 49.3 Å². The van der Waals surface area contributed by atoms with Crippen LogP contribution in [0, 0.1) is 0 Å². The predicted octanol–water partition coefficient (Wildman–Crippen LogP) is 1.79. The normalized spacial score (nSPS) is 15.1. The van der Waals surface area contributed by atoms with E-state index in [2.05, 4.69) is 22.2 Å². The van der Waals surface area contributed by atoms with Crippen molar-refractivity contribution in [3.8, 4) is 0 Å². The molecule has 1 amide bonds. The van der Waals surface area contributed by atoms with Crippen molar-refractivity contribution in [2.24, 2.45) is 0 Å². The van der Waals surface area contributed by atoms with Crippen LogP contribution in [0.5, 0.6) is 0 Å². The number of hydrogen-bond acceptors (Lipinski definition) is 3. The van der Waals surface area contributed by atoms with Gasteiger partial charge in [-0.15, -0.1) is 0 Å². The van der Waals surface area contributed by atoms with Crippen molar-refractivity contribution >= 4 is 11.9 Å². The van der Waals surface area contributed by atoms with Crippen LogP contribution in [0.3, 0.4) is 0 Å². The Morgan fingerprint density at radius 2 is 1.95 bits per heavy atom. The van der Waals surface area contributed by atoms with E-state index in [0.29, 0.717) is 6.42 Å². The van der Waals surface area contributed by atoms with Crippen molar-refractivity contribution in [1.82, 2.24) is 5.32 Å². The van der Waals surface area contributed by atoms with Gasteiger partial charge in [0, 0.05) is 0 Å².